The van der Waals surface area contributed by atoms with Gasteiger partial charge in [0.05, 0.1) is 16.8 Å². The number of phenolic OH excluding ortho intramolecular Hbond substituents is 1. The Balaban J connectivity index is 1.29. The van der Waals surface area contributed by atoms with Gasteiger partial charge in [0.1, 0.15) is 11.6 Å². The van der Waals surface area contributed by atoms with E-state index >= 15 is 0 Å². The van der Waals surface area contributed by atoms with Crippen LogP contribution in [0.3, 0.4) is 0 Å². The minimum atomic E-state index is -3.67. The molecule has 0 spiro atoms. The van der Waals surface area contributed by atoms with E-state index in [1.54, 1.807) is 59.2 Å². The number of benzene rings is 3. The first-order chi connectivity index (χ1) is 17.4. The molecule has 3 aromatic carbocycles. The van der Waals surface area contributed by atoms with Gasteiger partial charge in [0, 0.05) is 30.3 Å². The molecule has 2 aromatic heterocycles. The molecular weight excluding hydrogens is 474 g/mol. The first-order valence-electron chi connectivity index (χ1n) is 11.5. The summed E-state index contributed by atoms with van der Waals surface area (Å²) in [6.45, 7) is 2.39. The quantitative estimate of drug-likeness (QED) is 0.272. The van der Waals surface area contributed by atoms with Gasteiger partial charge >= 0.3 is 0 Å². The number of fused-ring (bicyclic) bond motifs is 1. The van der Waals surface area contributed by atoms with Gasteiger partial charge in [-0.3, -0.25) is 0 Å². The molecule has 0 atom stereocenters. The van der Waals surface area contributed by atoms with Crippen LogP contribution in [0, 0.1) is 6.92 Å². The van der Waals surface area contributed by atoms with Crippen LogP contribution in [0.25, 0.3) is 28.0 Å². The van der Waals surface area contributed by atoms with Crippen LogP contribution in [-0.2, 0) is 10.0 Å². The molecule has 0 aliphatic rings. The van der Waals surface area contributed by atoms with Crippen LogP contribution in [0.5, 0.6) is 5.75 Å². The Morgan fingerprint density at radius 1 is 0.889 bits per heavy atom. The van der Waals surface area contributed by atoms with Crippen LogP contribution < -0.4 is 10.0 Å². The molecule has 3 N–H and O–H groups in total. The Labute approximate surface area is 209 Å². The molecule has 0 aliphatic carbocycles. The van der Waals surface area contributed by atoms with Gasteiger partial charge in [0.15, 0.2) is 5.65 Å². The minimum Gasteiger partial charge on any atom is -0.507 e. The van der Waals surface area contributed by atoms with Crippen molar-refractivity contribution in [2.45, 2.75) is 11.8 Å². The molecule has 0 radical (unpaired) electrons. The fraction of sp³-hybridized carbons (Fsp3) is 0.111. The van der Waals surface area contributed by atoms with Crippen molar-refractivity contribution < 1.29 is 13.5 Å². The predicted octanol–water partition coefficient (Wildman–Crippen LogP) is 4.47. The molecule has 8 nitrogen and oxygen atoms in total. The van der Waals surface area contributed by atoms with E-state index in [0.717, 1.165) is 16.7 Å². The average molecular weight is 500 g/mol. The number of sulfonamides is 1. The van der Waals surface area contributed by atoms with Crippen molar-refractivity contribution >= 4 is 21.5 Å². The zero-order valence-electron chi connectivity index (χ0n) is 19.6. The third-order valence-electron chi connectivity index (χ3n) is 5.82. The average Bonchev–Trinajstić information content (AvgIpc) is 3.28. The van der Waals surface area contributed by atoms with Gasteiger partial charge in [0.25, 0.3) is 0 Å². The Kier molecular flexibility index (Phi) is 6.41. The first kappa shape index (κ1) is 23.5. The van der Waals surface area contributed by atoms with E-state index in [1.165, 1.54) is 0 Å². The summed E-state index contributed by atoms with van der Waals surface area (Å²) in [5.41, 5.74) is 4.70. The van der Waals surface area contributed by atoms with Crippen molar-refractivity contribution in [2.75, 3.05) is 18.4 Å². The number of nitrogens with one attached hydrogen (secondary N) is 2. The third-order valence-corrected chi connectivity index (χ3v) is 7.30. The molecular formula is C27H25N5O3S. The number of rotatable bonds is 8. The summed E-state index contributed by atoms with van der Waals surface area (Å²) in [7, 11) is -3.67. The molecule has 9 heteroatoms. The molecule has 0 unspecified atom stereocenters. The van der Waals surface area contributed by atoms with Crippen LogP contribution >= 0.6 is 0 Å². The second-order valence-corrected chi connectivity index (χ2v) is 10.1. The maximum Gasteiger partial charge on any atom is 0.240 e. The maximum atomic E-state index is 12.8. The Bertz CT molecular complexity index is 1620. The van der Waals surface area contributed by atoms with Gasteiger partial charge in [0.2, 0.25) is 10.0 Å². The number of hydrogen-bond acceptors (Lipinski definition) is 6. The number of para-hydroxylation sites is 1. The Hall–Kier alpha value is -4.21. The smallest absolute Gasteiger partial charge is 0.240 e. The van der Waals surface area contributed by atoms with Gasteiger partial charge in [-0.05, 0) is 42.3 Å². The lowest BCUT2D eigenvalue weighted by molar-refractivity contribution is 0.477. The number of nitrogens with zero attached hydrogens (tertiary/aromatic N) is 3. The lowest BCUT2D eigenvalue weighted by Gasteiger charge is -2.12. The number of hydrogen-bond donors (Lipinski definition) is 3. The van der Waals surface area contributed by atoms with Crippen molar-refractivity contribution in [3.8, 4) is 28.1 Å². The summed E-state index contributed by atoms with van der Waals surface area (Å²) in [6.07, 6.45) is 1.71. The van der Waals surface area contributed by atoms with Crippen LogP contribution in [-0.4, -0.2) is 41.2 Å². The van der Waals surface area contributed by atoms with Crippen LogP contribution in [0.1, 0.15) is 5.56 Å². The van der Waals surface area contributed by atoms with Gasteiger partial charge in [-0.25, -0.2) is 18.1 Å². The topological polar surface area (TPSA) is 109 Å². The molecule has 36 heavy (non-hydrogen) atoms. The predicted molar refractivity (Wildman–Crippen MR) is 140 cm³/mol. The van der Waals surface area contributed by atoms with E-state index in [9.17, 15) is 13.5 Å². The SMILES string of the molecule is Cc1cnn2c(NCCNS(=O)(=O)c3ccc(-c4ccccc4)cc3)cc(-c3ccccc3O)nc12. The molecule has 0 saturated heterocycles. The number of anilines is 1. The zero-order valence-corrected chi connectivity index (χ0v) is 20.4. The molecule has 0 saturated carbocycles. The second-order valence-electron chi connectivity index (χ2n) is 8.32. The van der Waals surface area contributed by atoms with Crippen LogP contribution in [0.15, 0.2) is 96.0 Å². The van der Waals surface area contributed by atoms with Crippen LogP contribution in [0.2, 0.25) is 0 Å². The van der Waals surface area contributed by atoms with E-state index in [1.807, 2.05) is 43.3 Å². The molecule has 0 amide bonds. The number of aromatic hydroxyl groups is 1. The van der Waals surface area contributed by atoms with E-state index < -0.39 is 10.0 Å². The molecule has 0 bridgehead atoms. The normalized spacial score (nSPS) is 11.6. The van der Waals surface area contributed by atoms with E-state index in [0.29, 0.717) is 29.3 Å². The zero-order chi connectivity index (χ0) is 25.1. The van der Waals surface area contributed by atoms with Crippen LogP contribution in [0.4, 0.5) is 5.82 Å². The summed E-state index contributed by atoms with van der Waals surface area (Å²) >= 11 is 0. The highest BCUT2D eigenvalue weighted by atomic mass is 32.2. The summed E-state index contributed by atoms with van der Waals surface area (Å²) < 4.78 is 29.9. The van der Waals surface area contributed by atoms with Gasteiger partial charge < -0.3 is 10.4 Å². The summed E-state index contributed by atoms with van der Waals surface area (Å²) in [5, 5.41) is 17.9. The van der Waals surface area contributed by atoms with Crippen molar-refractivity contribution in [2.24, 2.45) is 0 Å². The number of aryl methyl sites for hydroxylation is 1. The highest BCUT2D eigenvalue weighted by Gasteiger charge is 2.15. The van der Waals surface area contributed by atoms with Crippen molar-refractivity contribution in [1.29, 1.82) is 0 Å². The number of phenols is 1. The molecule has 0 aliphatic heterocycles. The standard InChI is InChI=1S/C27H25N5O3S/c1-19-18-29-32-26(17-24(31-27(19)32)23-9-5-6-10-25(23)33)28-15-16-30-36(34,35)22-13-11-21(12-14-22)20-7-3-2-4-8-20/h2-14,17-18,28,30,33H,15-16H2,1H3. The van der Waals surface area contributed by atoms with E-state index in [4.69, 9.17) is 0 Å². The van der Waals surface area contributed by atoms with Gasteiger partial charge in [-0.2, -0.15) is 9.61 Å². The Morgan fingerprint density at radius 3 is 2.33 bits per heavy atom. The molecule has 182 valence electrons. The fourth-order valence-corrected chi connectivity index (χ4v) is 4.98. The molecule has 0 fully saturated rings. The van der Waals surface area contributed by atoms with Crippen molar-refractivity contribution in [3.63, 3.8) is 0 Å². The minimum absolute atomic E-state index is 0.128. The largest absolute Gasteiger partial charge is 0.507 e. The first-order valence-corrected chi connectivity index (χ1v) is 12.9. The van der Waals surface area contributed by atoms with Gasteiger partial charge in [-0.15, -0.1) is 0 Å². The molecule has 5 rings (SSSR count). The lowest BCUT2D eigenvalue weighted by Crippen LogP contribution is -2.29. The summed E-state index contributed by atoms with van der Waals surface area (Å²) in [4.78, 5) is 4.86. The van der Waals surface area contributed by atoms with Crippen molar-refractivity contribution in [1.82, 2.24) is 19.3 Å². The third kappa shape index (κ3) is 4.79. The highest BCUT2D eigenvalue weighted by molar-refractivity contribution is 7.89. The monoisotopic (exact) mass is 499 g/mol. The van der Waals surface area contributed by atoms with E-state index in [-0.39, 0.29) is 17.2 Å². The number of aromatic nitrogens is 3. The van der Waals surface area contributed by atoms with Gasteiger partial charge in [-0.1, -0.05) is 54.6 Å². The molecule has 2 heterocycles. The second kappa shape index (κ2) is 9.80. The van der Waals surface area contributed by atoms with Crippen molar-refractivity contribution in [3.05, 3.63) is 96.7 Å². The summed E-state index contributed by atoms with van der Waals surface area (Å²) in [5.74, 6) is 0.765. The summed E-state index contributed by atoms with van der Waals surface area (Å²) in [6, 6.07) is 25.4. The Morgan fingerprint density at radius 2 is 1.58 bits per heavy atom. The lowest BCUT2D eigenvalue weighted by atomic mass is 10.1. The fourth-order valence-electron chi connectivity index (χ4n) is 3.94. The molecule has 5 aromatic rings. The maximum absolute atomic E-state index is 12.8. The van der Waals surface area contributed by atoms with E-state index in [2.05, 4.69) is 20.1 Å². The highest BCUT2D eigenvalue weighted by Crippen LogP contribution is 2.30.